The standard InChI is InChI=1S/C22H20FN5O6/c23-15-7-13-14(21(32)28(20(13)31)16-1-2-18(29)25-19(16)30)8-17(15)26-5-3-12(4-6-26)27-10-11(9-24-27)22(33)34/h7-10,12,16H,1-6H2,(H,33,34)(H,25,29,30). The number of rotatable bonds is 4. The smallest absolute Gasteiger partial charge is 0.338 e. The van der Waals surface area contributed by atoms with Gasteiger partial charge in [-0.3, -0.25) is 34.1 Å². The van der Waals surface area contributed by atoms with Crippen LogP contribution in [0, 0.1) is 5.82 Å². The molecule has 2 fully saturated rings. The molecule has 3 aliphatic rings. The zero-order valence-corrected chi connectivity index (χ0v) is 17.9. The quantitative estimate of drug-likeness (QED) is 0.631. The topological polar surface area (TPSA) is 142 Å². The summed E-state index contributed by atoms with van der Waals surface area (Å²) in [6.45, 7) is 0.864. The van der Waals surface area contributed by atoms with Crippen LogP contribution in [0.1, 0.15) is 62.8 Å². The minimum atomic E-state index is -1.11. The van der Waals surface area contributed by atoms with Gasteiger partial charge in [-0.05, 0) is 31.4 Å². The maximum absolute atomic E-state index is 15.0. The summed E-state index contributed by atoms with van der Waals surface area (Å²) in [6, 6.07) is 1.20. The first kappa shape index (κ1) is 21.7. The van der Waals surface area contributed by atoms with E-state index in [0.717, 1.165) is 11.0 Å². The number of piperidine rings is 2. The predicted octanol–water partition coefficient (Wildman–Crippen LogP) is 0.963. The predicted molar refractivity (Wildman–Crippen MR) is 113 cm³/mol. The molecule has 2 saturated heterocycles. The number of anilines is 1. The van der Waals surface area contributed by atoms with Crippen molar-refractivity contribution in [3.05, 3.63) is 47.0 Å². The fourth-order valence-electron chi connectivity index (χ4n) is 4.74. The van der Waals surface area contributed by atoms with E-state index in [-0.39, 0.29) is 41.3 Å². The second-order valence-electron chi connectivity index (χ2n) is 8.53. The lowest BCUT2D eigenvalue weighted by molar-refractivity contribution is -0.136. The Morgan fingerprint density at radius 3 is 2.35 bits per heavy atom. The first-order valence-electron chi connectivity index (χ1n) is 10.8. The van der Waals surface area contributed by atoms with Crippen LogP contribution in [-0.2, 0) is 9.59 Å². The van der Waals surface area contributed by atoms with Gasteiger partial charge in [0.1, 0.15) is 11.9 Å². The molecule has 2 N–H and O–H groups in total. The molecule has 5 rings (SSSR count). The van der Waals surface area contributed by atoms with Gasteiger partial charge >= 0.3 is 5.97 Å². The molecule has 1 aromatic carbocycles. The van der Waals surface area contributed by atoms with Crippen LogP contribution in [0.5, 0.6) is 0 Å². The van der Waals surface area contributed by atoms with E-state index in [1.54, 1.807) is 9.58 Å². The molecule has 2 aromatic rings. The van der Waals surface area contributed by atoms with Gasteiger partial charge in [0.15, 0.2) is 0 Å². The van der Waals surface area contributed by atoms with Crippen LogP contribution in [0.25, 0.3) is 0 Å². The number of carbonyl (C=O) groups excluding carboxylic acids is 4. The maximum Gasteiger partial charge on any atom is 0.338 e. The number of halogens is 1. The van der Waals surface area contributed by atoms with Gasteiger partial charge in [0.2, 0.25) is 11.8 Å². The summed E-state index contributed by atoms with van der Waals surface area (Å²) in [5.41, 5.74) is 0.181. The molecule has 34 heavy (non-hydrogen) atoms. The van der Waals surface area contributed by atoms with Crippen molar-refractivity contribution in [3.8, 4) is 0 Å². The third kappa shape index (κ3) is 3.51. The highest BCUT2D eigenvalue weighted by Crippen LogP contribution is 2.34. The second kappa shape index (κ2) is 8.04. The third-order valence-electron chi connectivity index (χ3n) is 6.53. The van der Waals surface area contributed by atoms with Crippen LogP contribution in [0.3, 0.4) is 0 Å². The number of benzene rings is 1. The Kier molecular flexibility index (Phi) is 5.14. The first-order chi connectivity index (χ1) is 16.2. The number of nitrogens with zero attached hydrogens (tertiary/aromatic N) is 4. The molecule has 1 unspecified atom stereocenters. The average Bonchev–Trinajstić information content (AvgIpc) is 3.39. The third-order valence-corrected chi connectivity index (χ3v) is 6.53. The lowest BCUT2D eigenvalue weighted by Gasteiger charge is -2.34. The molecular formula is C22H20FN5O6. The highest BCUT2D eigenvalue weighted by Gasteiger charge is 2.45. The molecule has 176 valence electrons. The van der Waals surface area contributed by atoms with Crippen LogP contribution in [0.2, 0.25) is 0 Å². The molecule has 3 aliphatic heterocycles. The van der Waals surface area contributed by atoms with E-state index in [1.807, 2.05) is 0 Å². The molecule has 1 aromatic heterocycles. The van der Waals surface area contributed by atoms with E-state index in [2.05, 4.69) is 10.4 Å². The zero-order chi connectivity index (χ0) is 24.1. The van der Waals surface area contributed by atoms with E-state index in [0.29, 0.717) is 25.9 Å². The molecule has 0 spiro atoms. The number of hydrogen-bond donors (Lipinski definition) is 2. The van der Waals surface area contributed by atoms with E-state index >= 15 is 4.39 Å². The van der Waals surface area contributed by atoms with Crippen molar-refractivity contribution in [3.63, 3.8) is 0 Å². The summed E-state index contributed by atoms with van der Waals surface area (Å²) >= 11 is 0. The number of carboxylic acid groups (broad SMARTS) is 1. The summed E-state index contributed by atoms with van der Waals surface area (Å²) < 4.78 is 16.6. The normalized spacial score (nSPS) is 21.1. The van der Waals surface area contributed by atoms with Crippen molar-refractivity contribution in [1.82, 2.24) is 20.0 Å². The summed E-state index contributed by atoms with van der Waals surface area (Å²) in [4.78, 5) is 63.1. The number of carboxylic acids is 1. The van der Waals surface area contributed by atoms with Crippen LogP contribution in [0.4, 0.5) is 10.1 Å². The van der Waals surface area contributed by atoms with Crippen LogP contribution >= 0.6 is 0 Å². The Balaban J connectivity index is 1.34. The number of aromatic nitrogens is 2. The SMILES string of the molecule is O=C1CCC(N2C(=O)c3cc(F)c(N4CCC(n5cc(C(=O)O)cn5)CC4)cc3C2=O)C(=O)N1. The monoisotopic (exact) mass is 469 g/mol. The first-order valence-corrected chi connectivity index (χ1v) is 10.8. The van der Waals surface area contributed by atoms with Crippen molar-refractivity contribution in [2.75, 3.05) is 18.0 Å². The van der Waals surface area contributed by atoms with Crippen molar-refractivity contribution < 1.29 is 33.5 Å². The van der Waals surface area contributed by atoms with Gasteiger partial charge in [-0.1, -0.05) is 0 Å². The Labute approximate surface area is 192 Å². The lowest BCUT2D eigenvalue weighted by atomic mass is 10.0. The average molecular weight is 469 g/mol. The molecular weight excluding hydrogens is 449 g/mol. The second-order valence-corrected chi connectivity index (χ2v) is 8.53. The number of amides is 4. The van der Waals surface area contributed by atoms with Gasteiger partial charge in [-0.15, -0.1) is 0 Å². The fourth-order valence-corrected chi connectivity index (χ4v) is 4.74. The molecule has 0 radical (unpaired) electrons. The molecule has 1 atom stereocenters. The number of hydrogen-bond acceptors (Lipinski definition) is 7. The van der Waals surface area contributed by atoms with Crippen LogP contribution in [0.15, 0.2) is 24.5 Å². The number of aromatic carboxylic acids is 1. The molecule has 0 bridgehead atoms. The molecule has 0 saturated carbocycles. The van der Waals surface area contributed by atoms with Crippen LogP contribution < -0.4 is 10.2 Å². The van der Waals surface area contributed by atoms with Crippen molar-refractivity contribution >= 4 is 35.3 Å². The maximum atomic E-state index is 15.0. The fraction of sp³-hybridized carbons (Fsp3) is 0.364. The highest BCUT2D eigenvalue weighted by atomic mass is 19.1. The molecule has 4 amide bonds. The number of carbonyl (C=O) groups is 5. The van der Waals surface area contributed by atoms with Crippen molar-refractivity contribution in [2.45, 2.75) is 37.8 Å². The Morgan fingerprint density at radius 2 is 1.74 bits per heavy atom. The number of nitrogens with one attached hydrogen (secondary N) is 1. The van der Waals surface area contributed by atoms with E-state index in [1.165, 1.54) is 18.5 Å². The van der Waals surface area contributed by atoms with Gasteiger partial charge in [0, 0.05) is 25.7 Å². The lowest BCUT2D eigenvalue weighted by Crippen LogP contribution is -2.54. The Hall–Kier alpha value is -4.09. The molecule has 0 aliphatic carbocycles. The van der Waals surface area contributed by atoms with E-state index < -0.39 is 41.5 Å². The van der Waals surface area contributed by atoms with Gasteiger partial charge in [-0.2, -0.15) is 5.10 Å². The highest BCUT2D eigenvalue weighted by molar-refractivity contribution is 6.23. The van der Waals surface area contributed by atoms with Gasteiger partial charge < -0.3 is 10.0 Å². The van der Waals surface area contributed by atoms with Crippen molar-refractivity contribution in [2.24, 2.45) is 0 Å². The van der Waals surface area contributed by atoms with Gasteiger partial charge in [0.05, 0.1) is 34.6 Å². The Bertz CT molecular complexity index is 1250. The summed E-state index contributed by atoms with van der Waals surface area (Å²) in [5, 5.41) is 15.3. The largest absolute Gasteiger partial charge is 0.478 e. The van der Waals surface area contributed by atoms with Gasteiger partial charge in [-0.25, -0.2) is 9.18 Å². The summed E-state index contributed by atoms with van der Waals surface area (Å²) in [6.07, 6.45) is 3.93. The minimum Gasteiger partial charge on any atom is -0.478 e. The Morgan fingerprint density at radius 1 is 1.06 bits per heavy atom. The summed E-state index contributed by atoms with van der Waals surface area (Å²) in [5.74, 6) is -4.36. The van der Waals surface area contributed by atoms with E-state index in [4.69, 9.17) is 5.11 Å². The summed E-state index contributed by atoms with van der Waals surface area (Å²) in [7, 11) is 0. The van der Waals surface area contributed by atoms with E-state index in [9.17, 15) is 24.0 Å². The van der Waals surface area contributed by atoms with Gasteiger partial charge in [0.25, 0.3) is 11.8 Å². The van der Waals surface area contributed by atoms with Crippen LogP contribution in [-0.4, -0.2) is 68.5 Å². The molecule has 11 nitrogen and oxygen atoms in total. The number of imide groups is 2. The molecule has 4 heterocycles. The van der Waals surface area contributed by atoms with Crippen molar-refractivity contribution in [1.29, 1.82) is 0 Å². The minimum absolute atomic E-state index is 0.00256. The molecule has 12 heteroatoms. The zero-order valence-electron chi connectivity index (χ0n) is 17.9. The number of fused-ring (bicyclic) bond motifs is 1.